The minimum Gasteiger partial charge on any atom is -0.483 e. The second-order valence-electron chi connectivity index (χ2n) is 6.47. The van der Waals surface area contributed by atoms with E-state index in [1.54, 1.807) is 0 Å². The van der Waals surface area contributed by atoms with Crippen molar-refractivity contribution < 1.29 is 9.53 Å². The van der Waals surface area contributed by atoms with Gasteiger partial charge in [0.15, 0.2) is 6.61 Å². The van der Waals surface area contributed by atoms with Crippen LogP contribution in [0.3, 0.4) is 0 Å². The highest BCUT2D eigenvalue weighted by molar-refractivity contribution is 5.77. The molecule has 1 amide bonds. The molecule has 2 rings (SSSR count). The quantitative estimate of drug-likeness (QED) is 0.909. The summed E-state index contributed by atoms with van der Waals surface area (Å²) in [4.78, 5) is 14.2. The van der Waals surface area contributed by atoms with Crippen molar-refractivity contribution in [1.82, 2.24) is 10.2 Å². The van der Waals surface area contributed by atoms with Gasteiger partial charge in [-0.3, -0.25) is 4.79 Å². The van der Waals surface area contributed by atoms with Crippen LogP contribution in [0.2, 0.25) is 0 Å². The fraction of sp³-hybridized carbons (Fsp3) is 0.611. The summed E-state index contributed by atoms with van der Waals surface area (Å²) in [6, 6.07) is 6.54. The van der Waals surface area contributed by atoms with E-state index >= 15 is 0 Å². The number of carbonyl (C=O) groups excluding carboxylic acids is 1. The normalized spacial score (nSPS) is 15.9. The Bertz CT molecular complexity index is 508. The van der Waals surface area contributed by atoms with Crippen LogP contribution < -0.4 is 10.1 Å². The Morgan fingerprint density at radius 2 is 2.05 bits per heavy atom. The largest absolute Gasteiger partial charge is 0.483 e. The summed E-state index contributed by atoms with van der Waals surface area (Å²) in [7, 11) is 1.89. The van der Waals surface area contributed by atoms with Crippen molar-refractivity contribution in [3.8, 4) is 5.75 Å². The van der Waals surface area contributed by atoms with E-state index in [4.69, 9.17) is 4.74 Å². The van der Waals surface area contributed by atoms with Gasteiger partial charge in [-0.2, -0.15) is 0 Å². The number of amides is 1. The van der Waals surface area contributed by atoms with Crippen molar-refractivity contribution in [2.45, 2.75) is 45.6 Å². The average molecular weight is 304 g/mol. The first-order valence-electron chi connectivity index (χ1n) is 8.18. The van der Waals surface area contributed by atoms with Crippen LogP contribution >= 0.6 is 0 Å². The van der Waals surface area contributed by atoms with Crippen LogP contribution in [0.4, 0.5) is 0 Å². The zero-order chi connectivity index (χ0) is 16.1. The number of nitrogens with zero attached hydrogens (tertiary/aromatic N) is 1. The Kier molecular flexibility index (Phi) is 5.83. The molecule has 1 N–H and O–H groups in total. The van der Waals surface area contributed by atoms with Crippen molar-refractivity contribution in [1.29, 1.82) is 0 Å². The van der Waals surface area contributed by atoms with Crippen LogP contribution in [0.1, 0.15) is 43.7 Å². The lowest BCUT2D eigenvalue weighted by Crippen LogP contribution is -2.45. The molecular formula is C18H28N2O2. The molecular weight excluding hydrogens is 276 g/mol. The molecule has 0 radical (unpaired) electrons. The number of aryl methyl sites for hydroxylation is 1. The third-order valence-electron chi connectivity index (χ3n) is 4.39. The first kappa shape index (κ1) is 16.8. The Balaban J connectivity index is 1.97. The van der Waals surface area contributed by atoms with Crippen LogP contribution in [-0.2, 0) is 4.79 Å². The van der Waals surface area contributed by atoms with Gasteiger partial charge >= 0.3 is 0 Å². The van der Waals surface area contributed by atoms with E-state index < -0.39 is 0 Å². The van der Waals surface area contributed by atoms with E-state index in [2.05, 4.69) is 31.3 Å². The average Bonchev–Trinajstić information content (AvgIpc) is 2.52. The van der Waals surface area contributed by atoms with Gasteiger partial charge in [0.1, 0.15) is 5.75 Å². The predicted molar refractivity (Wildman–Crippen MR) is 89.4 cm³/mol. The van der Waals surface area contributed by atoms with Crippen LogP contribution in [0.15, 0.2) is 18.2 Å². The van der Waals surface area contributed by atoms with E-state index in [1.165, 1.54) is 0 Å². The molecule has 1 aromatic rings. The predicted octanol–water partition coefficient (Wildman–Crippen LogP) is 2.71. The van der Waals surface area contributed by atoms with Gasteiger partial charge in [0.2, 0.25) is 0 Å². The van der Waals surface area contributed by atoms with Crippen LogP contribution in [-0.4, -0.2) is 43.6 Å². The monoisotopic (exact) mass is 304 g/mol. The lowest BCUT2D eigenvalue weighted by Gasteiger charge is -2.31. The molecule has 4 nitrogen and oxygen atoms in total. The van der Waals surface area contributed by atoms with Crippen LogP contribution in [0.5, 0.6) is 5.75 Å². The van der Waals surface area contributed by atoms with Crippen molar-refractivity contribution in [2.75, 3.05) is 26.7 Å². The molecule has 0 aliphatic carbocycles. The van der Waals surface area contributed by atoms with E-state index in [-0.39, 0.29) is 12.5 Å². The molecule has 1 aliphatic heterocycles. The molecule has 22 heavy (non-hydrogen) atoms. The first-order valence-corrected chi connectivity index (χ1v) is 8.18. The fourth-order valence-corrected chi connectivity index (χ4v) is 2.88. The lowest BCUT2D eigenvalue weighted by atomic mass is 10.0. The van der Waals surface area contributed by atoms with Gasteiger partial charge in [-0.1, -0.05) is 26.0 Å². The Labute approximate surface area is 133 Å². The highest BCUT2D eigenvalue weighted by atomic mass is 16.5. The Morgan fingerprint density at radius 1 is 1.36 bits per heavy atom. The van der Waals surface area contributed by atoms with Crippen molar-refractivity contribution in [3.05, 3.63) is 29.3 Å². The number of benzene rings is 1. The van der Waals surface area contributed by atoms with Gasteiger partial charge in [-0.25, -0.2) is 0 Å². The summed E-state index contributed by atoms with van der Waals surface area (Å²) in [6.45, 7) is 8.40. The third kappa shape index (κ3) is 4.23. The minimum atomic E-state index is 0.0584. The zero-order valence-electron chi connectivity index (χ0n) is 14.2. The number of piperidine rings is 1. The summed E-state index contributed by atoms with van der Waals surface area (Å²) in [6.07, 6.45) is 2.04. The van der Waals surface area contributed by atoms with E-state index in [0.717, 1.165) is 42.8 Å². The van der Waals surface area contributed by atoms with Gasteiger partial charge in [0.25, 0.3) is 5.91 Å². The Hall–Kier alpha value is -1.55. The number of carbonyl (C=O) groups is 1. The SMILES string of the molecule is Cc1ccc(C(C)C)c(OCC(=O)N(C)C2CCNCC2)c1. The maximum Gasteiger partial charge on any atom is 0.260 e. The molecule has 0 saturated carbocycles. The summed E-state index contributed by atoms with van der Waals surface area (Å²) in [5, 5.41) is 3.32. The lowest BCUT2D eigenvalue weighted by molar-refractivity contribution is -0.134. The molecule has 1 saturated heterocycles. The highest BCUT2D eigenvalue weighted by Gasteiger charge is 2.22. The first-order chi connectivity index (χ1) is 10.5. The maximum absolute atomic E-state index is 12.4. The molecule has 0 aromatic heterocycles. The Morgan fingerprint density at radius 3 is 2.68 bits per heavy atom. The molecule has 1 aliphatic rings. The molecule has 1 aromatic carbocycles. The van der Waals surface area contributed by atoms with Gasteiger partial charge in [-0.05, 0) is 56.0 Å². The van der Waals surface area contributed by atoms with Gasteiger partial charge < -0.3 is 15.0 Å². The summed E-state index contributed by atoms with van der Waals surface area (Å²) in [5.41, 5.74) is 2.31. The number of hydrogen-bond donors (Lipinski definition) is 1. The molecule has 0 atom stereocenters. The van der Waals surface area contributed by atoms with Gasteiger partial charge in [0, 0.05) is 13.1 Å². The smallest absolute Gasteiger partial charge is 0.260 e. The second kappa shape index (κ2) is 7.63. The van der Waals surface area contributed by atoms with E-state index in [1.807, 2.05) is 24.9 Å². The zero-order valence-corrected chi connectivity index (χ0v) is 14.2. The summed E-state index contributed by atoms with van der Waals surface area (Å²) < 4.78 is 5.85. The molecule has 1 heterocycles. The van der Waals surface area contributed by atoms with Crippen LogP contribution in [0, 0.1) is 6.92 Å². The van der Waals surface area contributed by atoms with Crippen LogP contribution in [0.25, 0.3) is 0 Å². The second-order valence-corrected chi connectivity index (χ2v) is 6.47. The molecule has 1 fully saturated rings. The molecule has 4 heteroatoms. The number of rotatable bonds is 5. The number of hydrogen-bond acceptors (Lipinski definition) is 3. The van der Waals surface area contributed by atoms with E-state index in [9.17, 15) is 4.79 Å². The molecule has 0 unspecified atom stereocenters. The molecule has 122 valence electrons. The van der Waals surface area contributed by atoms with Gasteiger partial charge in [-0.15, -0.1) is 0 Å². The van der Waals surface area contributed by atoms with E-state index in [0.29, 0.717) is 12.0 Å². The molecule has 0 spiro atoms. The summed E-state index contributed by atoms with van der Waals surface area (Å²) >= 11 is 0. The fourth-order valence-electron chi connectivity index (χ4n) is 2.88. The van der Waals surface area contributed by atoms with Gasteiger partial charge in [0.05, 0.1) is 0 Å². The topological polar surface area (TPSA) is 41.6 Å². The van der Waals surface area contributed by atoms with Crippen molar-refractivity contribution in [3.63, 3.8) is 0 Å². The number of ether oxygens (including phenoxy) is 1. The highest BCUT2D eigenvalue weighted by Crippen LogP contribution is 2.27. The maximum atomic E-state index is 12.4. The third-order valence-corrected chi connectivity index (χ3v) is 4.39. The standard InChI is InChI=1S/C18H28N2O2/c1-13(2)16-6-5-14(3)11-17(16)22-12-18(21)20(4)15-7-9-19-10-8-15/h5-6,11,13,15,19H,7-10,12H2,1-4H3. The van der Waals surface area contributed by atoms with Crippen molar-refractivity contribution in [2.24, 2.45) is 0 Å². The number of likely N-dealkylation sites (N-methyl/N-ethyl adjacent to an activating group) is 1. The molecule has 0 bridgehead atoms. The summed E-state index contributed by atoms with van der Waals surface area (Å²) in [5.74, 6) is 1.28. The van der Waals surface area contributed by atoms with Crippen molar-refractivity contribution >= 4 is 5.91 Å². The number of nitrogens with one attached hydrogen (secondary N) is 1. The minimum absolute atomic E-state index is 0.0584.